The summed E-state index contributed by atoms with van der Waals surface area (Å²) in [4.78, 5) is 12.7. The van der Waals surface area contributed by atoms with Gasteiger partial charge in [0.05, 0.1) is 30.0 Å². The van der Waals surface area contributed by atoms with Crippen LogP contribution >= 0.6 is 11.6 Å². The molecule has 1 aliphatic carbocycles. The van der Waals surface area contributed by atoms with Crippen LogP contribution in [0.15, 0.2) is 30.6 Å². The number of benzene rings is 1. The standard InChI is InChI=1S/C19H24ClN3O3/c1-3-6-26-17-5-4-12(9-16(17)20)19(25)22-18(13-7-15(24)8-13)14-10-21-23(2)11-14/h4-5,9-11,13,15,18,24H,3,6-8H2,1-2H3,(H,22,25). The summed E-state index contributed by atoms with van der Waals surface area (Å²) >= 11 is 6.23. The first kappa shape index (κ1) is 18.7. The maximum absolute atomic E-state index is 12.7. The molecule has 2 aromatic rings. The number of amides is 1. The van der Waals surface area contributed by atoms with Gasteiger partial charge in [-0.2, -0.15) is 5.10 Å². The van der Waals surface area contributed by atoms with E-state index in [1.54, 1.807) is 29.1 Å². The summed E-state index contributed by atoms with van der Waals surface area (Å²) in [6, 6.07) is 4.87. The van der Waals surface area contributed by atoms with Crippen LogP contribution in [0.4, 0.5) is 0 Å². The van der Waals surface area contributed by atoms with E-state index in [-0.39, 0.29) is 24.0 Å². The van der Waals surface area contributed by atoms with Gasteiger partial charge in [-0.05, 0) is 43.4 Å². The number of halogens is 1. The lowest BCUT2D eigenvalue weighted by atomic mass is 9.75. The molecule has 140 valence electrons. The number of aromatic nitrogens is 2. The van der Waals surface area contributed by atoms with Gasteiger partial charge in [0.25, 0.3) is 5.91 Å². The van der Waals surface area contributed by atoms with Crippen LogP contribution < -0.4 is 10.1 Å². The summed E-state index contributed by atoms with van der Waals surface area (Å²) in [5.74, 6) is 0.570. The molecule has 0 spiro atoms. The van der Waals surface area contributed by atoms with Gasteiger partial charge in [-0.15, -0.1) is 0 Å². The van der Waals surface area contributed by atoms with Gasteiger partial charge in [-0.3, -0.25) is 9.48 Å². The molecule has 1 unspecified atom stereocenters. The second kappa shape index (κ2) is 8.10. The van der Waals surface area contributed by atoms with E-state index < -0.39 is 0 Å². The topological polar surface area (TPSA) is 76.4 Å². The average Bonchev–Trinajstić information content (AvgIpc) is 3.02. The molecular formula is C19H24ClN3O3. The minimum atomic E-state index is -0.291. The lowest BCUT2D eigenvalue weighted by molar-refractivity contribution is 0.0235. The van der Waals surface area contributed by atoms with Crippen molar-refractivity contribution >= 4 is 17.5 Å². The zero-order chi connectivity index (χ0) is 18.7. The van der Waals surface area contributed by atoms with E-state index in [2.05, 4.69) is 10.4 Å². The maximum atomic E-state index is 12.7. The predicted octanol–water partition coefficient (Wildman–Crippen LogP) is 3.10. The van der Waals surface area contributed by atoms with Gasteiger partial charge >= 0.3 is 0 Å². The Morgan fingerprint density at radius 3 is 2.85 bits per heavy atom. The minimum Gasteiger partial charge on any atom is -0.492 e. The van der Waals surface area contributed by atoms with Crippen molar-refractivity contribution < 1.29 is 14.6 Å². The van der Waals surface area contributed by atoms with Gasteiger partial charge in [-0.25, -0.2) is 0 Å². The Balaban J connectivity index is 1.74. The molecule has 1 saturated carbocycles. The number of hydrogen-bond donors (Lipinski definition) is 2. The van der Waals surface area contributed by atoms with Crippen molar-refractivity contribution in [2.45, 2.75) is 38.3 Å². The molecule has 1 amide bonds. The Bertz CT molecular complexity index is 771. The smallest absolute Gasteiger partial charge is 0.251 e. The second-order valence-corrected chi connectivity index (χ2v) is 7.18. The third-order valence-electron chi connectivity index (χ3n) is 4.65. The molecular weight excluding hydrogens is 354 g/mol. The molecule has 1 aliphatic rings. The Morgan fingerprint density at radius 1 is 1.50 bits per heavy atom. The first-order valence-corrected chi connectivity index (χ1v) is 9.25. The second-order valence-electron chi connectivity index (χ2n) is 6.78. The van der Waals surface area contributed by atoms with Crippen molar-refractivity contribution in [3.63, 3.8) is 0 Å². The number of nitrogens with one attached hydrogen (secondary N) is 1. The zero-order valence-electron chi connectivity index (χ0n) is 15.0. The Hall–Kier alpha value is -2.05. The molecule has 7 heteroatoms. The lowest BCUT2D eigenvalue weighted by Gasteiger charge is -2.37. The monoisotopic (exact) mass is 377 g/mol. The van der Waals surface area contributed by atoms with Gasteiger partial charge in [-0.1, -0.05) is 18.5 Å². The van der Waals surface area contributed by atoms with Crippen LogP contribution in [0.3, 0.4) is 0 Å². The van der Waals surface area contributed by atoms with Crippen LogP contribution in [0.25, 0.3) is 0 Å². The van der Waals surface area contributed by atoms with Crippen molar-refractivity contribution in [3.05, 3.63) is 46.7 Å². The summed E-state index contributed by atoms with van der Waals surface area (Å²) in [5, 5.41) is 17.3. The summed E-state index contributed by atoms with van der Waals surface area (Å²) in [7, 11) is 1.84. The molecule has 0 saturated heterocycles. The molecule has 1 fully saturated rings. The van der Waals surface area contributed by atoms with Crippen LogP contribution in [0.2, 0.25) is 5.02 Å². The molecule has 26 heavy (non-hydrogen) atoms. The van der Waals surface area contributed by atoms with Crippen LogP contribution in [0, 0.1) is 5.92 Å². The molecule has 2 N–H and O–H groups in total. The van der Waals surface area contributed by atoms with Crippen LogP contribution in [0.1, 0.15) is 48.1 Å². The quantitative estimate of drug-likeness (QED) is 0.777. The number of carbonyl (C=O) groups excluding carboxylic acids is 1. The van der Waals surface area contributed by atoms with E-state index in [0.717, 1.165) is 12.0 Å². The van der Waals surface area contributed by atoms with Crippen molar-refractivity contribution in [1.29, 1.82) is 0 Å². The van der Waals surface area contributed by atoms with Crippen molar-refractivity contribution in [2.75, 3.05) is 6.61 Å². The van der Waals surface area contributed by atoms with E-state index in [4.69, 9.17) is 16.3 Å². The fourth-order valence-corrected chi connectivity index (χ4v) is 3.41. The molecule has 3 rings (SSSR count). The summed E-state index contributed by atoms with van der Waals surface area (Å²) < 4.78 is 7.26. The first-order chi connectivity index (χ1) is 12.5. The van der Waals surface area contributed by atoms with Gasteiger partial charge in [0, 0.05) is 24.4 Å². The SMILES string of the molecule is CCCOc1ccc(C(=O)NC(c2cnn(C)c2)C2CC(O)C2)cc1Cl. The van der Waals surface area contributed by atoms with Crippen LogP contribution in [0.5, 0.6) is 5.75 Å². The minimum absolute atomic E-state index is 0.186. The fourth-order valence-electron chi connectivity index (χ4n) is 3.17. The largest absolute Gasteiger partial charge is 0.492 e. The normalized spacial score (nSPS) is 20.3. The molecule has 0 radical (unpaired) electrons. The number of aliphatic hydroxyl groups is 1. The molecule has 0 bridgehead atoms. The van der Waals surface area contributed by atoms with Gasteiger partial charge in [0.2, 0.25) is 0 Å². The number of carbonyl (C=O) groups is 1. The third kappa shape index (κ3) is 4.19. The van der Waals surface area contributed by atoms with E-state index in [9.17, 15) is 9.90 Å². The van der Waals surface area contributed by atoms with Gasteiger partial charge < -0.3 is 15.2 Å². The van der Waals surface area contributed by atoms with E-state index in [1.807, 2.05) is 20.2 Å². The van der Waals surface area contributed by atoms with Gasteiger partial charge in [0.1, 0.15) is 5.75 Å². The Morgan fingerprint density at radius 2 is 2.27 bits per heavy atom. The van der Waals surface area contributed by atoms with Gasteiger partial charge in [0.15, 0.2) is 0 Å². The Labute approximate surface area is 158 Å². The number of nitrogens with zero attached hydrogens (tertiary/aromatic N) is 2. The Kier molecular flexibility index (Phi) is 5.84. The number of ether oxygens (including phenoxy) is 1. The van der Waals surface area contributed by atoms with E-state index >= 15 is 0 Å². The fraction of sp³-hybridized carbons (Fsp3) is 0.474. The van der Waals surface area contributed by atoms with Crippen LogP contribution in [-0.4, -0.2) is 33.5 Å². The number of aryl methyl sites for hydroxylation is 1. The molecule has 6 nitrogen and oxygen atoms in total. The highest BCUT2D eigenvalue weighted by Crippen LogP contribution is 2.38. The van der Waals surface area contributed by atoms with E-state index in [0.29, 0.717) is 35.8 Å². The van der Waals surface area contributed by atoms with Crippen molar-refractivity contribution in [3.8, 4) is 5.75 Å². The summed E-state index contributed by atoms with van der Waals surface area (Å²) in [6.07, 6.45) is 5.59. The first-order valence-electron chi connectivity index (χ1n) is 8.87. The predicted molar refractivity (Wildman–Crippen MR) is 99.4 cm³/mol. The van der Waals surface area contributed by atoms with Crippen molar-refractivity contribution in [2.24, 2.45) is 13.0 Å². The molecule has 1 aromatic carbocycles. The van der Waals surface area contributed by atoms with Crippen LogP contribution in [-0.2, 0) is 7.05 Å². The summed E-state index contributed by atoms with van der Waals surface area (Å²) in [6.45, 7) is 2.60. The molecule has 1 heterocycles. The maximum Gasteiger partial charge on any atom is 0.251 e. The number of aliphatic hydroxyl groups excluding tert-OH is 1. The highest BCUT2D eigenvalue weighted by atomic mass is 35.5. The molecule has 0 aliphatic heterocycles. The highest BCUT2D eigenvalue weighted by molar-refractivity contribution is 6.32. The number of hydrogen-bond acceptors (Lipinski definition) is 4. The third-order valence-corrected chi connectivity index (χ3v) is 4.94. The summed E-state index contributed by atoms with van der Waals surface area (Å²) in [5.41, 5.74) is 1.42. The average molecular weight is 378 g/mol. The molecule has 1 aromatic heterocycles. The lowest BCUT2D eigenvalue weighted by Crippen LogP contribution is -2.41. The van der Waals surface area contributed by atoms with Crippen molar-refractivity contribution in [1.82, 2.24) is 15.1 Å². The van der Waals surface area contributed by atoms with E-state index in [1.165, 1.54) is 0 Å². The number of rotatable bonds is 7. The highest BCUT2D eigenvalue weighted by Gasteiger charge is 2.36. The zero-order valence-corrected chi connectivity index (χ0v) is 15.7. The molecule has 1 atom stereocenters.